The van der Waals surface area contributed by atoms with Crippen molar-refractivity contribution in [3.8, 4) is 0 Å². The van der Waals surface area contributed by atoms with E-state index < -0.39 is 16.7 Å². The predicted octanol–water partition coefficient (Wildman–Crippen LogP) is 3.64. The molecule has 0 bridgehead atoms. The molecule has 0 unspecified atom stereocenters. The van der Waals surface area contributed by atoms with Crippen molar-refractivity contribution in [2.45, 2.75) is 0 Å². The molecule has 1 aliphatic rings. The van der Waals surface area contributed by atoms with Gasteiger partial charge in [-0.15, -0.1) is 0 Å². The molecule has 1 aliphatic heterocycles. The molecule has 0 saturated carbocycles. The quantitative estimate of drug-likeness (QED) is 0.270. The summed E-state index contributed by atoms with van der Waals surface area (Å²) in [7, 11) is 0. The van der Waals surface area contributed by atoms with E-state index in [1.807, 2.05) is 30.3 Å². The monoisotopic (exact) mass is 370 g/mol. The van der Waals surface area contributed by atoms with Gasteiger partial charge in [-0.3, -0.25) is 19.7 Å². The molecule has 1 heterocycles. The maximum absolute atomic E-state index is 12.6. The maximum atomic E-state index is 12.6. The predicted molar refractivity (Wildman–Crippen MR) is 98.9 cm³/mol. The molecule has 0 N–H and O–H groups in total. The van der Waals surface area contributed by atoms with Crippen molar-refractivity contribution in [1.82, 2.24) is 4.90 Å². The lowest BCUT2D eigenvalue weighted by molar-refractivity contribution is -0.384. The molecule has 6 nitrogen and oxygen atoms in total. The minimum absolute atomic E-state index is 0.133. The minimum atomic E-state index is -0.603. The number of amides is 2. The highest BCUT2D eigenvalue weighted by Crippen LogP contribution is 2.33. The van der Waals surface area contributed by atoms with Gasteiger partial charge in [0, 0.05) is 17.7 Å². The van der Waals surface area contributed by atoms with Gasteiger partial charge < -0.3 is 0 Å². The number of imide groups is 1. The lowest BCUT2D eigenvalue weighted by atomic mass is 10.1. The topological polar surface area (TPSA) is 80.5 Å². The summed E-state index contributed by atoms with van der Waals surface area (Å²) in [6.07, 6.45) is 1.67. The molecule has 2 aromatic carbocycles. The maximum Gasteiger partial charge on any atom is 0.273 e. The third-order valence-electron chi connectivity index (χ3n) is 3.42. The Hall–Kier alpha value is -2.84. The van der Waals surface area contributed by atoms with Crippen molar-refractivity contribution in [1.29, 1.82) is 0 Å². The molecule has 0 radical (unpaired) electrons. The number of rotatable bonds is 3. The van der Waals surface area contributed by atoms with Crippen molar-refractivity contribution in [3.63, 3.8) is 0 Å². The number of nitro groups is 1. The third kappa shape index (κ3) is 3.49. The molecule has 124 valence electrons. The van der Waals surface area contributed by atoms with Gasteiger partial charge >= 0.3 is 0 Å². The van der Waals surface area contributed by atoms with E-state index in [0.717, 1.165) is 22.2 Å². The summed E-state index contributed by atoms with van der Waals surface area (Å²) in [6, 6.07) is 14.3. The summed E-state index contributed by atoms with van der Waals surface area (Å²) in [4.78, 5) is 36.5. The fraction of sp³-hybridized carbons (Fsp3) is 0. The number of hydrogen-bond acceptors (Lipinski definition) is 6. The van der Waals surface area contributed by atoms with Gasteiger partial charge in [0.05, 0.1) is 9.83 Å². The zero-order valence-corrected chi connectivity index (χ0v) is 14.3. The molecule has 2 aromatic rings. The van der Waals surface area contributed by atoms with Gasteiger partial charge in [0.15, 0.2) is 4.32 Å². The van der Waals surface area contributed by atoms with Crippen molar-refractivity contribution in [3.05, 3.63) is 80.7 Å². The Morgan fingerprint density at radius 1 is 1.12 bits per heavy atom. The van der Waals surface area contributed by atoms with E-state index in [0.29, 0.717) is 4.91 Å². The van der Waals surface area contributed by atoms with Crippen LogP contribution in [-0.4, -0.2) is 26.0 Å². The largest absolute Gasteiger partial charge is 0.273 e. The van der Waals surface area contributed by atoms with Crippen LogP contribution in [0.5, 0.6) is 0 Å². The normalized spacial score (nSPS) is 15.7. The van der Waals surface area contributed by atoms with E-state index in [1.165, 1.54) is 24.3 Å². The number of benzene rings is 2. The van der Waals surface area contributed by atoms with Crippen LogP contribution in [0.1, 0.15) is 15.9 Å². The van der Waals surface area contributed by atoms with E-state index in [-0.39, 0.29) is 15.6 Å². The zero-order chi connectivity index (χ0) is 18.0. The van der Waals surface area contributed by atoms with Crippen molar-refractivity contribution in [2.24, 2.45) is 0 Å². The third-order valence-corrected chi connectivity index (χ3v) is 4.72. The molecule has 8 heteroatoms. The second kappa shape index (κ2) is 6.96. The smallest absolute Gasteiger partial charge is 0.268 e. The van der Waals surface area contributed by atoms with Crippen molar-refractivity contribution < 1.29 is 14.5 Å². The van der Waals surface area contributed by atoms with Crippen LogP contribution in [0, 0.1) is 10.1 Å². The Morgan fingerprint density at radius 2 is 1.76 bits per heavy atom. The first-order chi connectivity index (χ1) is 12.0. The summed E-state index contributed by atoms with van der Waals surface area (Å²) >= 11 is 6.20. The molecule has 2 amide bonds. The fourth-order valence-corrected chi connectivity index (χ4v) is 3.45. The lowest BCUT2D eigenvalue weighted by Gasteiger charge is -2.12. The first kappa shape index (κ1) is 17.0. The molecule has 3 rings (SSSR count). The summed E-state index contributed by atoms with van der Waals surface area (Å²) in [5.74, 6) is -1.10. The van der Waals surface area contributed by atoms with Crippen LogP contribution < -0.4 is 0 Å². The van der Waals surface area contributed by atoms with Gasteiger partial charge in [-0.1, -0.05) is 54.3 Å². The van der Waals surface area contributed by atoms with Crippen LogP contribution in [0.3, 0.4) is 0 Å². The van der Waals surface area contributed by atoms with Crippen LogP contribution >= 0.6 is 24.0 Å². The number of non-ortho nitro benzene ring substituents is 1. The van der Waals surface area contributed by atoms with Crippen LogP contribution in [-0.2, 0) is 4.79 Å². The highest BCUT2D eigenvalue weighted by molar-refractivity contribution is 8.26. The highest BCUT2D eigenvalue weighted by Gasteiger charge is 2.37. The Morgan fingerprint density at radius 3 is 2.36 bits per heavy atom. The van der Waals surface area contributed by atoms with E-state index in [4.69, 9.17) is 12.2 Å². The highest BCUT2D eigenvalue weighted by atomic mass is 32.2. The molecule has 0 aliphatic carbocycles. The minimum Gasteiger partial charge on any atom is -0.268 e. The van der Waals surface area contributed by atoms with Crippen molar-refractivity contribution in [2.75, 3.05) is 0 Å². The van der Waals surface area contributed by atoms with Crippen LogP contribution in [0.4, 0.5) is 5.69 Å². The molecule has 0 aromatic heterocycles. The zero-order valence-electron chi connectivity index (χ0n) is 12.6. The Kier molecular flexibility index (Phi) is 4.73. The number of thiocarbonyl (C=S) groups is 1. The summed E-state index contributed by atoms with van der Waals surface area (Å²) in [5.41, 5.74) is 0.847. The second-order valence-corrected chi connectivity index (χ2v) is 6.71. The van der Waals surface area contributed by atoms with Crippen LogP contribution in [0.15, 0.2) is 59.5 Å². The van der Waals surface area contributed by atoms with Gasteiger partial charge in [0.25, 0.3) is 17.5 Å². The Labute approximate surface area is 152 Å². The van der Waals surface area contributed by atoms with Gasteiger partial charge in [0.2, 0.25) is 0 Å². The number of nitro benzene ring substituents is 1. The van der Waals surface area contributed by atoms with Gasteiger partial charge in [-0.2, -0.15) is 0 Å². The van der Waals surface area contributed by atoms with E-state index in [2.05, 4.69) is 0 Å². The average Bonchev–Trinajstić information content (AvgIpc) is 2.89. The number of nitrogens with zero attached hydrogens (tertiary/aromatic N) is 2. The average molecular weight is 370 g/mol. The molecule has 1 fully saturated rings. The van der Waals surface area contributed by atoms with Gasteiger partial charge in [-0.25, -0.2) is 4.90 Å². The summed E-state index contributed by atoms with van der Waals surface area (Å²) in [6.45, 7) is 0. The second-order valence-electron chi connectivity index (χ2n) is 5.04. The molecular weight excluding hydrogens is 360 g/mol. The van der Waals surface area contributed by atoms with E-state index in [9.17, 15) is 19.7 Å². The van der Waals surface area contributed by atoms with Gasteiger partial charge in [0.1, 0.15) is 0 Å². The molecular formula is C17H10N2O4S2. The van der Waals surface area contributed by atoms with E-state index in [1.54, 1.807) is 6.08 Å². The lowest BCUT2D eigenvalue weighted by Crippen LogP contribution is -2.34. The van der Waals surface area contributed by atoms with E-state index >= 15 is 0 Å². The first-order valence-corrected chi connectivity index (χ1v) is 8.31. The Balaban J connectivity index is 1.86. The first-order valence-electron chi connectivity index (χ1n) is 7.09. The standard InChI is InChI=1S/C17H10N2O4S2/c20-15(12-6-8-13(9-7-12)19(22)23)18-16(21)14(25-17(18)24)10-11-4-2-1-3-5-11/h1-10H. The van der Waals surface area contributed by atoms with Gasteiger partial charge in [-0.05, 0) is 23.8 Å². The number of hydrogen-bond donors (Lipinski definition) is 0. The molecule has 1 saturated heterocycles. The molecule has 0 atom stereocenters. The summed E-state index contributed by atoms with van der Waals surface area (Å²) < 4.78 is 0.135. The summed E-state index contributed by atoms with van der Waals surface area (Å²) in [5, 5.41) is 10.7. The van der Waals surface area contributed by atoms with Crippen LogP contribution in [0.2, 0.25) is 0 Å². The molecule has 25 heavy (non-hydrogen) atoms. The SMILES string of the molecule is O=C1C(=Cc2ccccc2)SC(=S)N1C(=O)c1ccc([N+](=O)[O-])cc1. The van der Waals surface area contributed by atoms with Crippen LogP contribution in [0.25, 0.3) is 6.08 Å². The van der Waals surface area contributed by atoms with Crippen molar-refractivity contribution >= 4 is 51.9 Å². The number of carbonyl (C=O) groups excluding carboxylic acids is 2. The Bertz CT molecular complexity index is 908. The fourth-order valence-electron chi connectivity index (χ4n) is 2.20. The number of carbonyl (C=O) groups is 2. The molecule has 0 spiro atoms. The number of thioether (sulfide) groups is 1.